The molecule has 0 saturated carbocycles. The summed E-state index contributed by atoms with van der Waals surface area (Å²) in [4.78, 5) is 22.3. The van der Waals surface area contributed by atoms with E-state index in [2.05, 4.69) is 5.32 Å². The van der Waals surface area contributed by atoms with Gasteiger partial charge in [0.25, 0.3) is 5.91 Å². The standard InChI is InChI=1S/C18H15N3O4/c1-2-12-3-6-15(7-4-12)20-18(23)14(11-19)9-13-5-8-17(22)16(10-13)21(24)25/h3-10,22H,2H2,1H3,(H,20,23)/b14-9-. The molecule has 126 valence electrons. The fraction of sp³-hybridized carbons (Fsp3) is 0.111. The van der Waals surface area contributed by atoms with Gasteiger partial charge in [0.2, 0.25) is 0 Å². The van der Waals surface area contributed by atoms with Crippen molar-refractivity contribution in [3.05, 3.63) is 69.3 Å². The van der Waals surface area contributed by atoms with Crippen molar-refractivity contribution in [1.82, 2.24) is 0 Å². The molecule has 2 aromatic rings. The molecule has 0 radical (unpaired) electrons. The molecule has 0 atom stereocenters. The van der Waals surface area contributed by atoms with Crippen LogP contribution in [0.25, 0.3) is 6.08 Å². The van der Waals surface area contributed by atoms with Crippen LogP contribution in [0.3, 0.4) is 0 Å². The van der Waals surface area contributed by atoms with Gasteiger partial charge in [-0.3, -0.25) is 14.9 Å². The normalized spacial score (nSPS) is 10.8. The summed E-state index contributed by atoms with van der Waals surface area (Å²) in [6, 6.07) is 12.6. The number of carbonyl (C=O) groups is 1. The van der Waals surface area contributed by atoms with Crippen molar-refractivity contribution in [2.45, 2.75) is 13.3 Å². The monoisotopic (exact) mass is 337 g/mol. The van der Waals surface area contributed by atoms with E-state index in [1.54, 1.807) is 18.2 Å². The van der Waals surface area contributed by atoms with Crippen LogP contribution in [-0.2, 0) is 11.2 Å². The van der Waals surface area contributed by atoms with Crippen molar-refractivity contribution in [3.63, 3.8) is 0 Å². The molecule has 25 heavy (non-hydrogen) atoms. The second-order valence-electron chi connectivity index (χ2n) is 5.18. The van der Waals surface area contributed by atoms with Gasteiger partial charge in [0.05, 0.1) is 4.92 Å². The first-order valence-electron chi connectivity index (χ1n) is 7.44. The lowest BCUT2D eigenvalue weighted by Gasteiger charge is -2.05. The molecule has 2 rings (SSSR count). The first-order valence-corrected chi connectivity index (χ1v) is 7.44. The molecule has 2 N–H and O–H groups in total. The van der Waals surface area contributed by atoms with Crippen molar-refractivity contribution in [2.75, 3.05) is 5.32 Å². The Bertz CT molecular complexity index is 880. The molecule has 0 bridgehead atoms. The van der Waals surface area contributed by atoms with Crippen LogP contribution >= 0.6 is 0 Å². The number of rotatable bonds is 5. The third kappa shape index (κ3) is 4.42. The Hall–Kier alpha value is -3.66. The highest BCUT2D eigenvalue weighted by Gasteiger charge is 2.15. The van der Waals surface area contributed by atoms with E-state index in [4.69, 9.17) is 0 Å². The second kappa shape index (κ2) is 7.75. The molecule has 2 aromatic carbocycles. The SMILES string of the molecule is CCc1ccc(NC(=O)/C(C#N)=C\c2ccc(O)c([N+](=O)[O-])c2)cc1. The van der Waals surface area contributed by atoms with E-state index in [1.165, 1.54) is 12.1 Å². The van der Waals surface area contributed by atoms with Crippen LogP contribution in [0.2, 0.25) is 0 Å². The zero-order valence-corrected chi connectivity index (χ0v) is 13.4. The van der Waals surface area contributed by atoms with Crippen molar-refractivity contribution in [3.8, 4) is 11.8 Å². The van der Waals surface area contributed by atoms with E-state index < -0.39 is 22.3 Å². The number of nitro benzene ring substituents is 1. The number of phenols is 1. The predicted molar refractivity (Wildman–Crippen MR) is 92.8 cm³/mol. The number of nitrogens with zero attached hydrogens (tertiary/aromatic N) is 2. The number of hydrogen-bond donors (Lipinski definition) is 2. The van der Waals surface area contributed by atoms with Crippen LogP contribution in [0.4, 0.5) is 11.4 Å². The van der Waals surface area contributed by atoms with Crippen LogP contribution in [-0.4, -0.2) is 15.9 Å². The number of amides is 1. The number of aryl methyl sites for hydroxylation is 1. The lowest BCUT2D eigenvalue weighted by atomic mass is 10.1. The van der Waals surface area contributed by atoms with Gasteiger partial charge < -0.3 is 10.4 Å². The smallest absolute Gasteiger partial charge is 0.311 e. The van der Waals surface area contributed by atoms with Crippen LogP contribution in [0.5, 0.6) is 5.75 Å². The molecule has 0 fully saturated rings. The van der Waals surface area contributed by atoms with E-state index in [1.807, 2.05) is 19.1 Å². The van der Waals surface area contributed by atoms with E-state index in [0.717, 1.165) is 24.1 Å². The minimum atomic E-state index is -0.742. The van der Waals surface area contributed by atoms with Gasteiger partial charge in [0.15, 0.2) is 5.75 Å². The van der Waals surface area contributed by atoms with Gasteiger partial charge in [-0.25, -0.2) is 0 Å². The summed E-state index contributed by atoms with van der Waals surface area (Å²) in [5.41, 5.74) is 1.21. The highest BCUT2D eigenvalue weighted by Crippen LogP contribution is 2.27. The maximum Gasteiger partial charge on any atom is 0.311 e. The minimum absolute atomic E-state index is 0.209. The summed E-state index contributed by atoms with van der Waals surface area (Å²) in [5, 5.41) is 32.1. The molecule has 7 nitrogen and oxygen atoms in total. The first kappa shape index (κ1) is 17.7. The number of hydrogen-bond acceptors (Lipinski definition) is 5. The first-order chi connectivity index (χ1) is 11.9. The zero-order valence-electron chi connectivity index (χ0n) is 13.4. The van der Waals surface area contributed by atoms with E-state index in [9.17, 15) is 25.3 Å². The zero-order chi connectivity index (χ0) is 18.4. The molecule has 0 aromatic heterocycles. The topological polar surface area (TPSA) is 116 Å². The summed E-state index contributed by atoms with van der Waals surface area (Å²) >= 11 is 0. The largest absolute Gasteiger partial charge is 0.502 e. The summed E-state index contributed by atoms with van der Waals surface area (Å²) < 4.78 is 0. The van der Waals surface area contributed by atoms with Crippen molar-refractivity contribution in [1.29, 1.82) is 5.26 Å². The molecule has 1 amide bonds. The molecular formula is C18H15N3O4. The highest BCUT2D eigenvalue weighted by atomic mass is 16.6. The number of aromatic hydroxyl groups is 1. The summed E-state index contributed by atoms with van der Waals surface area (Å²) in [7, 11) is 0. The third-order valence-corrected chi connectivity index (χ3v) is 3.49. The molecule has 0 aliphatic heterocycles. The Labute approximate surface area is 144 Å². The maximum atomic E-state index is 12.2. The average molecular weight is 337 g/mol. The molecule has 0 unspecified atom stereocenters. The minimum Gasteiger partial charge on any atom is -0.502 e. The second-order valence-corrected chi connectivity index (χ2v) is 5.18. The summed E-state index contributed by atoms with van der Waals surface area (Å²) in [5.74, 6) is -1.11. The van der Waals surface area contributed by atoms with E-state index >= 15 is 0 Å². The number of nitro groups is 1. The lowest BCUT2D eigenvalue weighted by molar-refractivity contribution is -0.385. The number of anilines is 1. The molecule has 0 aliphatic carbocycles. The Morgan fingerprint density at radius 1 is 1.32 bits per heavy atom. The Balaban J connectivity index is 2.24. The van der Waals surface area contributed by atoms with Crippen LogP contribution in [0.15, 0.2) is 48.0 Å². The number of nitrogens with one attached hydrogen (secondary N) is 1. The third-order valence-electron chi connectivity index (χ3n) is 3.49. The van der Waals surface area contributed by atoms with Crippen molar-refractivity contribution >= 4 is 23.4 Å². The van der Waals surface area contributed by atoms with Gasteiger partial charge in [0.1, 0.15) is 11.6 Å². The molecule has 0 saturated heterocycles. The number of benzene rings is 2. The maximum absolute atomic E-state index is 12.2. The van der Waals surface area contributed by atoms with Crippen molar-refractivity contribution < 1.29 is 14.8 Å². The fourth-order valence-electron chi connectivity index (χ4n) is 2.11. The van der Waals surface area contributed by atoms with Crippen LogP contribution < -0.4 is 5.32 Å². The van der Waals surface area contributed by atoms with Gasteiger partial charge in [-0.05, 0) is 41.8 Å². The molecular weight excluding hydrogens is 322 g/mol. The van der Waals surface area contributed by atoms with Gasteiger partial charge in [-0.15, -0.1) is 0 Å². The average Bonchev–Trinajstić information content (AvgIpc) is 2.61. The Morgan fingerprint density at radius 2 is 2.00 bits per heavy atom. The van der Waals surface area contributed by atoms with Gasteiger partial charge in [0, 0.05) is 11.8 Å². The highest BCUT2D eigenvalue weighted by molar-refractivity contribution is 6.09. The number of carbonyl (C=O) groups excluding carboxylic acids is 1. The van der Waals surface area contributed by atoms with Gasteiger partial charge >= 0.3 is 5.69 Å². The van der Waals surface area contributed by atoms with Gasteiger partial charge in [-0.2, -0.15) is 5.26 Å². The Morgan fingerprint density at radius 3 is 2.56 bits per heavy atom. The lowest BCUT2D eigenvalue weighted by Crippen LogP contribution is -2.13. The molecule has 0 aliphatic rings. The Kier molecular flexibility index (Phi) is 5.48. The number of nitriles is 1. The van der Waals surface area contributed by atoms with Gasteiger partial charge in [-0.1, -0.05) is 25.1 Å². The van der Waals surface area contributed by atoms with E-state index in [-0.39, 0.29) is 11.1 Å². The predicted octanol–water partition coefficient (Wildman–Crippen LogP) is 3.41. The molecule has 7 heteroatoms. The molecule has 0 heterocycles. The van der Waals surface area contributed by atoms with Crippen molar-refractivity contribution in [2.24, 2.45) is 0 Å². The quantitative estimate of drug-likeness (QED) is 0.375. The number of phenolic OH excluding ortho intramolecular Hbond substituents is 1. The van der Waals surface area contributed by atoms with Crippen LogP contribution in [0, 0.1) is 21.4 Å². The van der Waals surface area contributed by atoms with E-state index in [0.29, 0.717) is 5.69 Å². The summed E-state index contributed by atoms with van der Waals surface area (Å²) in [6.07, 6.45) is 2.10. The fourth-order valence-corrected chi connectivity index (χ4v) is 2.11. The molecule has 0 spiro atoms. The van der Waals surface area contributed by atoms with Crippen LogP contribution in [0.1, 0.15) is 18.1 Å². The summed E-state index contributed by atoms with van der Waals surface area (Å²) in [6.45, 7) is 2.01.